The number of benzene rings is 1. The summed E-state index contributed by atoms with van der Waals surface area (Å²) in [6.45, 7) is 6.54. The fourth-order valence-corrected chi connectivity index (χ4v) is 2.65. The largest absolute Gasteiger partial charge is 0.300 e. The zero-order chi connectivity index (χ0) is 11.8. The highest BCUT2D eigenvalue weighted by molar-refractivity contribution is 5.81. The molecule has 0 N–H and O–H groups in total. The summed E-state index contributed by atoms with van der Waals surface area (Å²) in [6, 6.07) is 6.66. The van der Waals surface area contributed by atoms with Gasteiger partial charge < -0.3 is 0 Å². The Bertz CT molecular complexity index is 419. The van der Waals surface area contributed by atoms with Crippen LogP contribution in [0.4, 0.5) is 0 Å². The fraction of sp³-hybridized carbons (Fsp3) is 0.533. The van der Waals surface area contributed by atoms with Crippen LogP contribution in [-0.4, -0.2) is 5.78 Å². The zero-order valence-electron chi connectivity index (χ0n) is 10.5. The highest BCUT2D eigenvalue weighted by atomic mass is 16.1. The molecule has 1 fully saturated rings. The van der Waals surface area contributed by atoms with Gasteiger partial charge in [-0.1, -0.05) is 25.1 Å². The minimum atomic E-state index is 0.207. The minimum Gasteiger partial charge on any atom is -0.300 e. The molecule has 86 valence electrons. The molecule has 0 radical (unpaired) electrons. The van der Waals surface area contributed by atoms with Crippen LogP contribution >= 0.6 is 0 Å². The Morgan fingerprint density at radius 3 is 2.56 bits per heavy atom. The highest BCUT2D eigenvalue weighted by Crippen LogP contribution is 2.38. The number of carbonyl (C=O) groups excluding carboxylic acids is 1. The normalized spacial score (nSPS) is 25.1. The molecular formula is C15H20O. The molecule has 2 rings (SSSR count). The van der Waals surface area contributed by atoms with Gasteiger partial charge in [-0.2, -0.15) is 0 Å². The second kappa shape index (κ2) is 4.04. The maximum Gasteiger partial charge on any atom is 0.133 e. The third-order valence-electron chi connectivity index (χ3n) is 3.83. The smallest absolute Gasteiger partial charge is 0.133 e. The first-order valence-electron chi connectivity index (χ1n) is 6.06. The van der Waals surface area contributed by atoms with Crippen molar-refractivity contribution in [3.63, 3.8) is 0 Å². The number of aryl methyl sites for hydroxylation is 2. The predicted molar refractivity (Wildman–Crippen MR) is 66.6 cm³/mol. The number of carbonyl (C=O) groups is 1. The maximum absolute atomic E-state index is 11.4. The summed E-state index contributed by atoms with van der Waals surface area (Å²) in [7, 11) is 0. The molecule has 0 aromatic heterocycles. The van der Waals surface area contributed by atoms with Crippen LogP contribution in [0.1, 0.15) is 42.9 Å². The van der Waals surface area contributed by atoms with Gasteiger partial charge in [-0.25, -0.2) is 0 Å². The van der Waals surface area contributed by atoms with Crippen LogP contribution in [-0.2, 0) is 11.2 Å². The SMILES string of the molecule is Cc1ccc(CC2(C)CCC(=O)C2)cc1C. The van der Waals surface area contributed by atoms with Crippen molar-refractivity contribution in [2.24, 2.45) is 5.41 Å². The Labute approximate surface area is 97.9 Å². The molecule has 1 saturated carbocycles. The van der Waals surface area contributed by atoms with Crippen molar-refractivity contribution in [3.8, 4) is 0 Å². The molecule has 1 aliphatic carbocycles. The number of ketones is 1. The molecule has 1 aromatic rings. The van der Waals surface area contributed by atoms with Crippen LogP contribution in [0.5, 0.6) is 0 Å². The third kappa shape index (κ3) is 2.34. The molecule has 0 saturated heterocycles. The summed E-state index contributed by atoms with van der Waals surface area (Å²) in [5.41, 5.74) is 4.28. The molecule has 0 heterocycles. The first-order chi connectivity index (χ1) is 7.48. The summed E-state index contributed by atoms with van der Waals surface area (Å²) >= 11 is 0. The van der Waals surface area contributed by atoms with Gasteiger partial charge in [0, 0.05) is 12.8 Å². The second-order valence-corrected chi connectivity index (χ2v) is 5.62. The van der Waals surface area contributed by atoms with Crippen LogP contribution in [0, 0.1) is 19.3 Å². The van der Waals surface area contributed by atoms with E-state index < -0.39 is 0 Å². The van der Waals surface area contributed by atoms with E-state index in [-0.39, 0.29) is 5.41 Å². The van der Waals surface area contributed by atoms with E-state index >= 15 is 0 Å². The molecule has 0 amide bonds. The number of hydrogen-bond donors (Lipinski definition) is 0. The van der Waals surface area contributed by atoms with Crippen molar-refractivity contribution in [1.29, 1.82) is 0 Å². The molecule has 1 atom stereocenters. The molecule has 1 unspecified atom stereocenters. The first-order valence-corrected chi connectivity index (χ1v) is 6.06. The van der Waals surface area contributed by atoms with Crippen molar-refractivity contribution in [2.75, 3.05) is 0 Å². The monoisotopic (exact) mass is 216 g/mol. The summed E-state index contributed by atoms with van der Waals surface area (Å²) in [5.74, 6) is 0.436. The molecule has 0 aliphatic heterocycles. The molecule has 1 aromatic carbocycles. The quantitative estimate of drug-likeness (QED) is 0.738. The molecule has 1 heteroatoms. The van der Waals surface area contributed by atoms with E-state index in [0.717, 1.165) is 25.7 Å². The zero-order valence-corrected chi connectivity index (χ0v) is 10.5. The first kappa shape index (κ1) is 11.4. The van der Waals surface area contributed by atoms with Gasteiger partial charge in [0.2, 0.25) is 0 Å². The average molecular weight is 216 g/mol. The van der Waals surface area contributed by atoms with Crippen molar-refractivity contribution >= 4 is 5.78 Å². The molecule has 1 nitrogen and oxygen atoms in total. The van der Waals surface area contributed by atoms with Crippen LogP contribution < -0.4 is 0 Å². The molecule has 1 aliphatic rings. The second-order valence-electron chi connectivity index (χ2n) is 5.62. The maximum atomic E-state index is 11.4. The van der Waals surface area contributed by atoms with Gasteiger partial charge in [-0.3, -0.25) is 4.79 Å². The third-order valence-corrected chi connectivity index (χ3v) is 3.83. The highest BCUT2D eigenvalue weighted by Gasteiger charge is 2.33. The van der Waals surface area contributed by atoms with Crippen molar-refractivity contribution < 1.29 is 4.79 Å². The van der Waals surface area contributed by atoms with E-state index in [0.29, 0.717) is 5.78 Å². The minimum absolute atomic E-state index is 0.207. The Kier molecular flexibility index (Phi) is 2.88. The van der Waals surface area contributed by atoms with Crippen LogP contribution in [0.15, 0.2) is 18.2 Å². The average Bonchev–Trinajstić information content (AvgIpc) is 2.52. The van der Waals surface area contributed by atoms with Crippen LogP contribution in [0.2, 0.25) is 0 Å². The van der Waals surface area contributed by atoms with Gasteiger partial charge in [0.25, 0.3) is 0 Å². The number of Topliss-reactive ketones (excluding diaryl/α,β-unsaturated/α-hetero) is 1. The lowest BCUT2D eigenvalue weighted by molar-refractivity contribution is -0.117. The van der Waals surface area contributed by atoms with Crippen molar-refractivity contribution in [3.05, 3.63) is 34.9 Å². The summed E-state index contributed by atoms with van der Waals surface area (Å²) < 4.78 is 0. The van der Waals surface area contributed by atoms with Crippen molar-refractivity contribution in [1.82, 2.24) is 0 Å². The fourth-order valence-electron chi connectivity index (χ4n) is 2.65. The lowest BCUT2D eigenvalue weighted by Gasteiger charge is -2.22. The van der Waals surface area contributed by atoms with Gasteiger partial charge in [0.05, 0.1) is 0 Å². The van der Waals surface area contributed by atoms with Gasteiger partial charge >= 0.3 is 0 Å². The Morgan fingerprint density at radius 1 is 1.25 bits per heavy atom. The summed E-state index contributed by atoms with van der Waals surface area (Å²) in [6.07, 6.45) is 3.64. The van der Waals surface area contributed by atoms with E-state index in [2.05, 4.69) is 39.0 Å². The van der Waals surface area contributed by atoms with Crippen LogP contribution in [0.25, 0.3) is 0 Å². The van der Waals surface area contributed by atoms with Gasteiger partial charge in [-0.05, 0) is 48.8 Å². The number of rotatable bonds is 2. The summed E-state index contributed by atoms with van der Waals surface area (Å²) in [5, 5.41) is 0. The Hall–Kier alpha value is -1.11. The predicted octanol–water partition coefficient (Wildman–Crippen LogP) is 3.61. The van der Waals surface area contributed by atoms with E-state index in [4.69, 9.17) is 0 Å². The molecule has 16 heavy (non-hydrogen) atoms. The van der Waals surface area contributed by atoms with Crippen LogP contribution in [0.3, 0.4) is 0 Å². The van der Waals surface area contributed by atoms with Gasteiger partial charge in [0.1, 0.15) is 5.78 Å². The lowest BCUT2D eigenvalue weighted by atomic mass is 9.81. The standard InChI is InChI=1S/C15H20O/c1-11-4-5-13(8-12(11)2)9-15(3)7-6-14(16)10-15/h4-5,8H,6-7,9-10H2,1-3H3. The Morgan fingerprint density at radius 2 is 2.00 bits per heavy atom. The van der Waals surface area contributed by atoms with E-state index in [9.17, 15) is 4.79 Å². The van der Waals surface area contributed by atoms with Gasteiger partial charge in [0.15, 0.2) is 0 Å². The van der Waals surface area contributed by atoms with E-state index in [1.54, 1.807) is 0 Å². The Balaban J connectivity index is 2.14. The molecule has 0 bridgehead atoms. The van der Waals surface area contributed by atoms with E-state index in [1.165, 1.54) is 16.7 Å². The lowest BCUT2D eigenvalue weighted by Crippen LogP contribution is -2.15. The number of hydrogen-bond acceptors (Lipinski definition) is 1. The van der Waals surface area contributed by atoms with E-state index in [1.807, 2.05) is 0 Å². The van der Waals surface area contributed by atoms with Crippen molar-refractivity contribution in [2.45, 2.75) is 46.5 Å². The summed E-state index contributed by atoms with van der Waals surface area (Å²) in [4.78, 5) is 11.4. The topological polar surface area (TPSA) is 17.1 Å². The van der Waals surface area contributed by atoms with Gasteiger partial charge in [-0.15, -0.1) is 0 Å². The molecule has 0 spiro atoms. The molecular weight excluding hydrogens is 196 g/mol.